The average molecular weight is 391 g/mol. The van der Waals surface area contributed by atoms with E-state index in [9.17, 15) is 4.39 Å². The molecule has 0 aliphatic carbocycles. The zero-order valence-electron chi connectivity index (χ0n) is 16.7. The van der Waals surface area contributed by atoms with E-state index in [4.69, 9.17) is 0 Å². The van der Waals surface area contributed by atoms with Crippen LogP contribution in [0.3, 0.4) is 0 Å². The molecule has 2 aliphatic heterocycles. The van der Waals surface area contributed by atoms with E-state index in [1.807, 2.05) is 23.0 Å². The van der Waals surface area contributed by atoms with Gasteiger partial charge in [0.1, 0.15) is 5.82 Å². The molecule has 1 atom stereocenters. The molecule has 2 aliphatic rings. The van der Waals surface area contributed by atoms with Crippen molar-refractivity contribution in [2.24, 2.45) is 0 Å². The lowest BCUT2D eigenvalue weighted by Crippen LogP contribution is -2.49. The summed E-state index contributed by atoms with van der Waals surface area (Å²) in [5.74, 6) is -0.183. The monoisotopic (exact) mass is 390 g/mol. The molecule has 2 aromatic carbocycles. The Bertz CT molecular complexity index is 969. The lowest BCUT2D eigenvalue weighted by atomic mass is 9.96. The molecule has 0 spiro atoms. The van der Waals surface area contributed by atoms with E-state index in [2.05, 4.69) is 39.2 Å². The summed E-state index contributed by atoms with van der Waals surface area (Å²) in [5.41, 5.74) is 4.94. The minimum Gasteiger partial charge on any atom is -0.297 e. The first-order valence-corrected chi connectivity index (χ1v) is 10.6. The molecule has 0 bridgehead atoms. The number of fused-ring (bicyclic) bond motifs is 1. The van der Waals surface area contributed by atoms with Gasteiger partial charge in [-0.1, -0.05) is 24.3 Å². The van der Waals surface area contributed by atoms with Gasteiger partial charge >= 0.3 is 0 Å². The van der Waals surface area contributed by atoms with Crippen molar-refractivity contribution in [2.75, 3.05) is 19.6 Å². The van der Waals surface area contributed by atoms with Gasteiger partial charge in [0.25, 0.3) is 0 Å². The van der Waals surface area contributed by atoms with Crippen LogP contribution in [-0.4, -0.2) is 45.3 Å². The van der Waals surface area contributed by atoms with Crippen molar-refractivity contribution in [2.45, 2.75) is 38.4 Å². The van der Waals surface area contributed by atoms with Crippen molar-refractivity contribution in [3.05, 3.63) is 83.4 Å². The molecular formula is C24H27FN4. The van der Waals surface area contributed by atoms with E-state index >= 15 is 0 Å². The maximum absolute atomic E-state index is 14.0. The van der Waals surface area contributed by atoms with Crippen LogP contribution in [0.5, 0.6) is 0 Å². The van der Waals surface area contributed by atoms with E-state index < -0.39 is 0 Å². The van der Waals surface area contributed by atoms with Gasteiger partial charge in [0.05, 0.1) is 5.69 Å². The van der Waals surface area contributed by atoms with Crippen LogP contribution in [0.15, 0.2) is 60.9 Å². The van der Waals surface area contributed by atoms with E-state index in [-0.39, 0.29) is 5.82 Å². The van der Waals surface area contributed by atoms with Gasteiger partial charge in [-0.05, 0) is 66.8 Å². The van der Waals surface area contributed by atoms with Gasteiger partial charge in [-0.2, -0.15) is 5.10 Å². The van der Waals surface area contributed by atoms with Crippen LogP contribution in [0.4, 0.5) is 4.39 Å². The SMILES string of the molecule is Fc1ccc(-n2cccn2)c(CN2CCCC(N3CCc4ccccc4C3)C2)c1. The van der Waals surface area contributed by atoms with Gasteiger partial charge < -0.3 is 0 Å². The Hall–Kier alpha value is -2.50. The summed E-state index contributed by atoms with van der Waals surface area (Å²) in [6.45, 7) is 5.04. The van der Waals surface area contributed by atoms with Crippen LogP contribution in [-0.2, 0) is 19.5 Å². The van der Waals surface area contributed by atoms with Gasteiger partial charge in [0, 0.05) is 44.6 Å². The Labute approximate surface area is 171 Å². The largest absolute Gasteiger partial charge is 0.297 e. The van der Waals surface area contributed by atoms with Gasteiger partial charge in [-0.3, -0.25) is 9.80 Å². The summed E-state index contributed by atoms with van der Waals surface area (Å²) in [7, 11) is 0. The first-order chi connectivity index (χ1) is 14.3. The van der Waals surface area contributed by atoms with Gasteiger partial charge in [-0.15, -0.1) is 0 Å². The Balaban J connectivity index is 1.31. The molecule has 1 saturated heterocycles. The molecule has 3 aromatic rings. The first kappa shape index (κ1) is 18.5. The van der Waals surface area contributed by atoms with Crippen molar-refractivity contribution >= 4 is 0 Å². The van der Waals surface area contributed by atoms with E-state index in [1.165, 1.54) is 30.0 Å². The summed E-state index contributed by atoms with van der Waals surface area (Å²) >= 11 is 0. The van der Waals surface area contributed by atoms with Crippen molar-refractivity contribution in [3.8, 4) is 5.69 Å². The highest BCUT2D eigenvalue weighted by Gasteiger charge is 2.28. The molecule has 150 valence electrons. The molecule has 5 heteroatoms. The van der Waals surface area contributed by atoms with Crippen molar-refractivity contribution < 1.29 is 4.39 Å². The molecule has 1 fully saturated rings. The summed E-state index contributed by atoms with van der Waals surface area (Å²) in [6.07, 6.45) is 7.25. The molecule has 29 heavy (non-hydrogen) atoms. The van der Waals surface area contributed by atoms with Crippen LogP contribution in [0.25, 0.3) is 5.69 Å². The third kappa shape index (κ3) is 3.98. The highest BCUT2D eigenvalue weighted by Crippen LogP contribution is 2.26. The molecule has 1 aromatic heterocycles. The van der Waals surface area contributed by atoms with Gasteiger partial charge in [0.2, 0.25) is 0 Å². The number of likely N-dealkylation sites (tertiary alicyclic amines) is 1. The molecule has 0 saturated carbocycles. The minimum atomic E-state index is -0.183. The number of nitrogens with zero attached hydrogens (tertiary/aromatic N) is 4. The summed E-state index contributed by atoms with van der Waals surface area (Å²) in [5, 5.41) is 4.35. The Morgan fingerprint density at radius 2 is 1.93 bits per heavy atom. The fourth-order valence-electron chi connectivity index (χ4n) is 4.86. The number of rotatable bonds is 4. The molecule has 3 heterocycles. The molecule has 5 rings (SSSR count). The Morgan fingerprint density at radius 1 is 1.03 bits per heavy atom. The van der Waals surface area contributed by atoms with Gasteiger partial charge in [-0.25, -0.2) is 9.07 Å². The molecule has 0 radical (unpaired) electrons. The Kier molecular flexibility index (Phi) is 5.17. The highest BCUT2D eigenvalue weighted by molar-refractivity contribution is 5.40. The number of hydrogen-bond donors (Lipinski definition) is 0. The van der Waals surface area contributed by atoms with Crippen LogP contribution < -0.4 is 0 Å². The second-order valence-electron chi connectivity index (χ2n) is 8.24. The van der Waals surface area contributed by atoms with Crippen molar-refractivity contribution in [1.82, 2.24) is 19.6 Å². The standard InChI is InChI=1S/C24H27FN4/c25-22-8-9-24(29-13-4-11-26-29)21(15-22)16-27-12-3-7-23(18-27)28-14-10-19-5-1-2-6-20(19)17-28/h1-2,4-6,8-9,11,13,15,23H,3,7,10,12,14,16-18H2. The fourth-order valence-corrected chi connectivity index (χ4v) is 4.86. The average Bonchev–Trinajstić information content (AvgIpc) is 3.28. The number of aromatic nitrogens is 2. The molecule has 1 unspecified atom stereocenters. The molecule has 4 nitrogen and oxygen atoms in total. The predicted molar refractivity (Wildman–Crippen MR) is 112 cm³/mol. The third-order valence-corrected chi connectivity index (χ3v) is 6.34. The second-order valence-corrected chi connectivity index (χ2v) is 8.24. The topological polar surface area (TPSA) is 24.3 Å². The van der Waals surface area contributed by atoms with Crippen LogP contribution >= 0.6 is 0 Å². The third-order valence-electron chi connectivity index (χ3n) is 6.34. The van der Waals surface area contributed by atoms with Crippen molar-refractivity contribution in [3.63, 3.8) is 0 Å². The number of hydrogen-bond acceptors (Lipinski definition) is 3. The Morgan fingerprint density at radius 3 is 2.79 bits per heavy atom. The minimum absolute atomic E-state index is 0.183. The summed E-state index contributed by atoms with van der Waals surface area (Å²) < 4.78 is 15.8. The molecule has 0 N–H and O–H groups in total. The van der Waals surface area contributed by atoms with Crippen LogP contribution in [0.1, 0.15) is 29.5 Å². The normalized spacial score (nSPS) is 20.5. The summed E-state index contributed by atoms with van der Waals surface area (Å²) in [6, 6.07) is 16.3. The lowest BCUT2D eigenvalue weighted by Gasteiger charge is -2.41. The molecular weight excluding hydrogens is 363 g/mol. The lowest BCUT2D eigenvalue weighted by molar-refractivity contribution is 0.0838. The number of piperidine rings is 1. The molecule has 0 amide bonds. The predicted octanol–water partition coefficient (Wildman–Crippen LogP) is 4.03. The number of halogens is 1. The fraction of sp³-hybridized carbons (Fsp3) is 0.375. The van der Waals surface area contributed by atoms with E-state index in [0.717, 1.165) is 50.4 Å². The van der Waals surface area contributed by atoms with Crippen molar-refractivity contribution in [1.29, 1.82) is 0 Å². The second kappa shape index (κ2) is 8.09. The highest BCUT2D eigenvalue weighted by atomic mass is 19.1. The quantitative estimate of drug-likeness (QED) is 0.672. The smallest absolute Gasteiger partial charge is 0.123 e. The van der Waals surface area contributed by atoms with Crippen LogP contribution in [0.2, 0.25) is 0 Å². The summed E-state index contributed by atoms with van der Waals surface area (Å²) in [4.78, 5) is 5.13. The van der Waals surface area contributed by atoms with Crippen LogP contribution in [0, 0.1) is 5.82 Å². The number of benzene rings is 2. The van der Waals surface area contributed by atoms with Gasteiger partial charge in [0.15, 0.2) is 0 Å². The zero-order valence-corrected chi connectivity index (χ0v) is 16.7. The first-order valence-electron chi connectivity index (χ1n) is 10.6. The maximum atomic E-state index is 14.0. The van der Waals surface area contributed by atoms with E-state index in [0.29, 0.717) is 6.04 Å². The maximum Gasteiger partial charge on any atom is 0.123 e. The zero-order chi connectivity index (χ0) is 19.6. The van der Waals surface area contributed by atoms with E-state index in [1.54, 1.807) is 12.3 Å².